The molecular formula is C33H26ClN3O4S. The average Bonchev–Trinajstić information content (AvgIpc) is 3.58. The predicted molar refractivity (Wildman–Crippen MR) is 166 cm³/mol. The molecule has 0 aliphatic carbocycles. The molecule has 3 heterocycles. The van der Waals surface area contributed by atoms with Crippen molar-refractivity contribution in [1.29, 1.82) is 0 Å². The lowest BCUT2D eigenvalue weighted by Gasteiger charge is -2.25. The van der Waals surface area contributed by atoms with E-state index in [4.69, 9.17) is 25.7 Å². The molecule has 6 rings (SSSR count). The maximum atomic E-state index is 14.0. The molecule has 1 aliphatic rings. The molecule has 5 aromatic rings. The number of aryl methyl sites for hydroxylation is 1. The molecule has 0 unspecified atom stereocenters. The van der Waals surface area contributed by atoms with Gasteiger partial charge >= 0.3 is 0 Å². The summed E-state index contributed by atoms with van der Waals surface area (Å²) in [6, 6.07) is 25.3. The Bertz CT molecular complexity index is 2040. The second kappa shape index (κ2) is 11.3. The fourth-order valence-corrected chi connectivity index (χ4v) is 6.19. The number of carbonyl (C=O) groups is 1. The number of nitrogens with zero attached hydrogens (tertiary/aromatic N) is 2. The summed E-state index contributed by atoms with van der Waals surface area (Å²) < 4.78 is 13.4. The van der Waals surface area contributed by atoms with E-state index >= 15 is 0 Å². The number of halogens is 1. The topological polar surface area (TPSA) is 85.8 Å². The number of ether oxygens (including phenoxy) is 1. The van der Waals surface area contributed by atoms with Crippen LogP contribution in [0.1, 0.15) is 29.9 Å². The number of rotatable bonds is 6. The number of aromatic nitrogens is 1. The van der Waals surface area contributed by atoms with Crippen molar-refractivity contribution in [3.63, 3.8) is 0 Å². The van der Waals surface area contributed by atoms with Gasteiger partial charge in [-0.15, -0.1) is 0 Å². The van der Waals surface area contributed by atoms with E-state index in [1.165, 1.54) is 11.3 Å². The van der Waals surface area contributed by atoms with Gasteiger partial charge in [-0.05, 0) is 67.4 Å². The number of fused-ring (bicyclic) bond motifs is 1. The second-order valence-corrected chi connectivity index (χ2v) is 11.3. The molecule has 42 heavy (non-hydrogen) atoms. The number of benzene rings is 3. The van der Waals surface area contributed by atoms with Gasteiger partial charge in [0.05, 0.1) is 29.0 Å². The van der Waals surface area contributed by atoms with Crippen molar-refractivity contribution in [2.45, 2.75) is 19.9 Å². The Labute approximate surface area is 250 Å². The Morgan fingerprint density at radius 1 is 1.05 bits per heavy atom. The summed E-state index contributed by atoms with van der Waals surface area (Å²) in [7, 11) is 1.59. The lowest BCUT2D eigenvalue weighted by molar-refractivity contribution is -0.113. The van der Waals surface area contributed by atoms with E-state index in [0.717, 1.165) is 16.7 Å². The summed E-state index contributed by atoms with van der Waals surface area (Å²) in [4.78, 5) is 33.0. The maximum Gasteiger partial charge on any atom is 0.271 e. The molecule has 0 spiro atoms. The average molecular weight is 596 g/mol. The third kappa shape index (κ3) is 5.22. The molecular weight excluding hydrogens is 570 g/mol. The van der Waals surface area contributed by atoms with E-state index in [9.17, 15) is 9.59 Å². The smallest absolute Gasteiger partial charge is 0.271 e. The summed E-state index contributed by atoms with van der Waals surface area (Å²) in [6.45, 7) is 3.73. The molecule has 1 aliphatic heterocycles. The normalized spacial score (nSPS) is 14.9. The van der Waals surface area contributed by atoms with Crippen molar-refractivity contribution < 1.29 is 13.9 Å². The number of anilines is 1. The number of hydrogen-bond acceptors (Lipinski definition) is 6. The van der Waals surface area contributed by atoms with Crippen LogP contribution in [-0.4, -0.2) is 17.6 Å². The third-order valence-corrected chi connectivity index (χ3v) is 8.32. The molecule has 9 heteroatoms. The summed E-state index contributed by atoms with van der Waals surface area (Å²) >= 11 is 7.40. The Kier molecular flexibility index (Phi) is 7.41. The van der Waals surface area contributed by atoms with Gasteiger partial charge in [-0.25, -0.2) is 4.99 Å². The van der Waals surface area contributed by atoms with Crippen LogP contribution in [0.2, 0.25) is 5.02 Å². The zero-order valence-electron chi connectivity index (χ0n) is 23.1. The van der Waals surface area contributed by atoms with Crippen molar-refractivity contribution >= 4 is 40.6 Å². The van der Waals surface area contributed by atoms with Gasteiger partial charge in [0.1, 0.15) is 17.3 Å². The number of amides is 1. The van der Waals surface area contributed by atoms with Crippen molar-refractivity contribution in [3.05, 3.63) is 138 Å². The molecule has 0 radical (unpaired) electrons. The third-order valence-electron chi connectivity index (χ3n) is 7.10. The molecule has 3 aromatic carbocycles. The number of methoxy groups -OCH3 is 1. The molecule has 7 nitrogen and oxygen atoms in total. The first-order valence-corrected chi connectivity index (χ1v) is 14.4. The van der Waals surface area contributed by atoms with E-state index in [2.05, 4.69) is 5.32 Å². The van der Waals surface area contributed by atoms with Gasteiger partial charge in [-0.3, -0.25) is 14.2 Å². The minimum atomic E-state index is -0.697. The van der Waals surface area contributed by atoms with Crippen molar-refractivity contribution in [1.82, 2.24) is 4.57 Å². The van der Waals surface area contributed by atoms with E-state index in [1.807, 2.05) is 85.8 Å². The van der Waals surface area contributed by atoms with Crippen LogP contribution >= 0.6 is 22.9 Å². The Balaban J connectivity index is 1.45. The minimum Gasteiger partial charge on any atom is -0.497 e. The number of carbonyl (C=O) groups excluding carboxylic acids is 1. The first kappa shape index (κ1) is 27.5. The quantitative estimate of drug-likeness (QED) is 0.257. The van der Waals surface area contributed by atoms with E-state index < -0.39 is 6.04 Å². The van der Waals surface area contributed by atoms with E-state index in [0.29, 0.717) is 48.6 Å². The Morgan fingerprint density at radius 2 is 1.83 bits per heavy atom. The summed E-state index contributed by atoms with van der Waals surface area (Å²) in [5.74, 6) is 1.51. The molecule has 0 saturated heterocycles. The lowest BCUT2D eigenvalue weighted by Crippen LogP contribution is -2.40. The van der Waals surface area contributed by atoms with E-state index in [-0.39, 0.29) is 11.5 Å². The molecule has 2 aromatic heterocycles. The van der Waals surface area contributed by atoms with Gasteiger partial charge < -0.3 is 14.5 Å². The van der Waals surface area contributed by atoms with Gasteiger partial charge in [0.2, 0.25) is 0 Å². The Hall–Kier alpha value is -4.66. The number of thiazole rings is 1. The SMILES string of the molecule is COc1ccc([C@@H]2C(C(=O)Nc3ccccc3C)=C(C)N=c3s/c(=C/c4ccc(-c5cccc(Cl)c5)o4)c(=O)n32)cc1. The Morgan fingerprint density at radius 3 is 2.57 bits per heavy atom. The first-order valence-electron chi connectivity index (χ1n) is 13.2. The molecule has 0 bridgehead atoms. The number of furan rings is 1. The van der Waals surface area contributed by atoms with Crippen LogP contribution in [0.5, 0.6) is 5.75 Å². The predicted octanol–water partition coefficient (Wildman–Crippen LogP) is 6.10. The number of hydrogen-bond donors (Lipinski definition) is 1. The summed E-state index contributed by atoms with van der Waals surface area (Å²) in [5.41, 5.74) is 3.88. The fourth-order valence-electron chi connectivity index (χ4n) is 4.97. The molecule has 0 saturated carbocycles. The lowest BCUT2D eigenvalue weighted by atomic mass is 9.95. The standard InChI is InChI=1S/C33H26ClN3O4S/c1-19-7-4-5-10-26(19)36-31(38)29-20(2)35-33-37(30(29)21-11-13-24(40-3)14-12-21)32(39)28(42-33)18-25-15-16-27(41-25)22-8-6-9-23(34)17-22/h4-18,30H,1-3H3,(H,36,38)/b28-18+/t30-/m1/s1. The van der Waals surface area contributed by atoms with Gasteiger partial charge in [-0.2, -0.15) is 0 Å². The summed E-state index contributed by atoms with van der Waals surface area (Å²) in [6.07, 6.45) is 1.70. The zero-order chi connectivity index (χ0) is 29.4. The molecule has 210 valence electrons. The van der Waals surface area contributed by atoms with Crippen LogP contribution in [0.25, 0.3) is 17.4 Å². The largest absolute Gasteiger partial charge is 0.497 e. The van der Waals surface area contributed by atoms with Crippen LogP contribution in [0.3, 0.4) is 0 Å². The van der Waals surface area contributed by atoms with Gasteiger partial charge in [0.25, 0.3) is 11.5 Å². The van der Waals surface area contributed by atoms with Crippen molar-refractivity contribution in [3.8, 4) is 17.1 Å². The number of para-hydroxylation sites is 1. The zero-order valence-corrected chi connectivity index (χ0v) is 24.6. The van der Waals surface area contributed by atoms with Crippen molar-refractivity contribution in [2.75, 3.05) is 12.4 Å². The highest BCUT2D eigenvalue weighted by Gasteiger charge is 2.32. The van der Waals surface area contributed by atoms with Gasteiger partial charge in [0.15, 0.2) is 4.80 Å². The molecule has 0 fully saturated rings. The second-order valence-electron chi connectivity index (χ2n) is 9.84. The molecule has 1 N–H and O–H groups in total. The van der Waals surface area contributed by atoms with Gasteiger partial charge in [0, 0.05) is 22.3 Å². The fraction of sp³-hybridized carbons (Fsp3) is 0.121. The first-order chi connectivity index (χ1) is 20.3. The molecule has 1 atom stereocenters. The highest BCUT2D eigenvalue weighted by Crippen LogP contribution is 2.32. The van der Waals surface area contributed by atoms with Gasteiger partial charge in [-0.1, -0.05) is 65.4 Å². The number of nitrogens with one attached hydrogen (secondary N) is 1. The maximum absolute atomic E-state index is 14.0. The van der Waals surface area contributed by atoms with E-state index in [1.54, 1.807) is 30.7 Å². The van der Waals surface area contributed by atoms with Crippen LogP contribution in [-0.2, 0) is 4.79 Å². The highest BCUT2D eigenvalue weighted by atomic mass is 35.5. The van der Waals surface area contributed by atoms with Crippen LogP contribution in [0.4, 0.5) is 5.69 Å². The monoisotopic (exact) mass is 595 g/mol. The highest BCUT2D eigenvalue weighted by molar-refractivity contribution is 7.07. The van der Waals surface area contributed by atoms with Crippen LogP contribution < -0.4 is 24.9 Å². The number of allylic oxidation sites excluding steroid dienone is 1. The summed E-state index contributed by atoms with van der Waals surface area (Å²) in [5, 5.41) is 3.63. The minimum absolute atomic E-state index is 0.269. The van der Waals surface area contributed by atoms with Crippen LogP contribution in [0.15, 0.2) is 110 Å². The van der Waals surface area contributed by atoms with Crippen LogP contribution in [0, 0.1) is 6.92 Å². The van der Waals surface area contributed by atoms with Crippen molar-refractivity contribution in [2.24, 2.45) is 4.99 Å². The molecule has 1 amide bonds.